The molecule has 0 unspecified atom stereocenters. The molecule has 0 aliphatic heterocycles. The molecule has 14 heavy (non-hydrogen) atoms. The molecule has 0 saturated heterocycles. The Morgan fingerprint density at radius 2 is 2.29 bits per heavy atom. The van der Waals surface area contributed by atoms with Gasteiger partial charge in [-0.05, 0) is 18.1 Å². The van der Waals surface area contributed by atoms with Crippen molar-refractivity contribution >= 4 is 5.69 Å². The normalized spacial score (nSPS) is 12.4. The molecule has 0 aliphatic carbocycles. The lowest BCUT2D eigenvalue weighted by Gasteiger charge is -2.08. The SMILES string of the molecule is CC[C@@H](N)c1ccc(O)c([N+](=O)[O-])c1. The van der Waals surface area contributed by atoms with E-state index in [0.717, 1.165) is 0 Å². The number of benzene rings is 1. The summed E-state index contributed by atoms with van der Waals surface area (Å²) in [6, 6.07) is 3.97. The molecule has 1 aromatic rings. The van der Waals surface area contributed by atoms with Gasteiger partial charge in [-0.25, -0.2) is 0 Å². The van der Waals surface area contributed by atoms with Crippen LogP contribution in [0.1, 0.15) is 24.9 Å². The van der Waals surface area contributed by atoms with Crippen LogP contribution in [0.5, 0.6) is 5.75 Å². The van der Waals surface area contributed by atoms with Gasteiger partial charge >= 0.3 is 5.69 Å². The number of phenols is 1. The van der Waals surface area contributed by atoms with Gasteiger partial charge in [-0.3, -0.25) is 10.1 Å². The third-order valence-electron chi connectivity index (χ3n) is 2.06. The average Bonchev–Trinajstić information content (AvgIpc) is 2.17. The Kier molecular flexibility index (Phi) is 3.03. The van der Waals surface area contributed by atoms with Crippen molar-refractivity contribution in [3.05, 3.63) is 33.9 Å². The maximum absolute atomic E-state index is 10.5. The molecule has 1 rings (SSSR count). The highest BCUT2D eigenvalue weighted by Crippen LogP contribution is 2.28. The summed E-state index contributed by atoms with van der Waals surface area (Å²) in [5.41, 5.74) is 6.07. The zero-order valence-electron chi connectivity index (χ0n) is 7.80. The molecule has 76 valence electrons. The molecule has 0 heterocycles. The second kappa shape index (κ2) is 4.06. The maximum Gasteiger partial charge on any atom is 0.311 e. The van der Waals surface area contributed by atoms with E-state index in [1.165, 1.54) is 12.1 Å². The predicted molar refractivity (Wildman–Crippen MR) is 52.0 cm³/mol. The number of hydrogen-bond donors (Lipinski definition) is 2. The molecular formula is C9H12N2O3. The van der Waals surface area contributed by atoms with Gasteiger partial charge < -0.3 is 10.8 Å². The van der Waals surface area contributed by atoms with Gasteiger partial charge in [0, 0.05) is 12.1 Å². The number of nitro groups is 1. The van der Waals surface area contributed by atoms with Crippen LogP contribution in [0.15, 0.2) is 18.2 Å². The summed E-state index contributed by atoms with van der Waals surface area (Å²) in [4.78, 5) is 9.87. The van der Waals surface area contributed by atoms with Crippen molar-refractivity contribution in [1.29, 1.82) is 0 Å². The van der Waals surface area contributed by atoms with Crippen molar-refractivity contribution < 1.29 is 10.0 Å². The van der Waals surface area contributed by atoms with E-state index in [2.05, 4.69) is 0 Å². The van der Waals surface area contributed by atoms with Crippen molar-refractivity contribution in [3.8, 4) is 5.75 Å². The molecule has 3 N–H and O–H groups in total. The van der Waals surface area contributed by atoms with Crippen LogP contribution >= 0.6 is 0 Å². The molecule has 0 aromatic heterocycles. The Morgan fingerprint density at radius 1 is 1.64 bits per heavy atom. The van der Waals surface area contributed by atoms with Crippen LogP contribution in [-0.4, -0.2) is 10.0 Å². The first-order chi connectivity index (χ1) is 6.56. The molecule has 0 aliphatic rings. The number of phenolic OH excluding ortho intramolecular Hbond substituents is 1. The highest BCUT2D eigenvalue weighted by Gasteiger charge is 2.15. The molecule has 0 fully saturated rings. The Labute approximate surface area is 81.3 Å². The Balaban J connectivity index is 3.12. The number of nitro benzene ring substituents is 1. The fraction of sp³-hybridized carbons (Fsp3) is 0.333. The zero-order valence-corrected chi connectivity index (χ0v) is 7.80. The Bertz CT molecular complexity index is 352. The maximum atomic E-state index is 10.5. The van der Waals surface area contributed by atoms with Crippen LogP contribution in [0, 0.1) is 10.1 Å². The first-order valence-corrected chi connectivity index (χ1v) is 4.29. The van der Waals surface area contributed by atoms with Crippen LogP contribution < -0.4 is 5.73 Å². The zero-order chi connectivity index (χ0) is 10.7. The summed E-state index contributed by atoms with van der Waals surface area (Å²) < 4.78 is 0. The van der Waals surface area contributed by atoms with E-state index in [1.807, 2.05) is 6.92 Å². The number of hydrogen-bond acceptors (Lipinski definition) is 4. The van der Waals surface area contributed by atoms with Gasteiger partial charge in [-0.1, -0.05) is 13.0 Å². The third-order valence-corrected chi connectivity index (χ3v) is 2.06. The lowest BCUT2D eigenvalue weighted by atomic mass is 10.0. The van der Waals surface area contributed by atoms with E-state index in [1.54, 1.807) is 6.07 Å². The second-order valence-electron chi connectivity index (χ2n) is 3.02. The van der Waals surface area contributed by atoms with Crippen molar-refractivity contribution in [2.45, 2.75) is 19.4 Å². The molecule has 0 amide bonds. The number of rotatable bonds is 3. The molecule has 0 spiro atoms. The van der Waals surface area contributed by atoms with E-state index in [0.29, 0.717) is 12.0 Å². The first-order valence-electron chi connectivity index (χ1n) is 4.29. The van der Waals surface area contributed by atoms with Crippen LogP contribution in [0.25, 0.3) is 0 Å². The Hall–Kier alpha value is -1.62. The van der Waals surface area contributed by atoms with Crippen molar-refractivity contribution in [1.82, 2.24) is 0 Å². The highest BCUT2D eigenvalue weighted by atomic mass is 16.6. The van der Waals surface area contributed by atoms with Crippen molar-refractivity contribution in [3.63, 3.8) is 0 Å². The fourth-order valence-electron chi connectivity index (χ4n) is 1.15. The van der Waals surface area contributed by atoms with Gasteiger partial charge in [0.25, 0.3) is 0 Å². The van der Waals surface area contributed by atoms with Crippen LogP contribution in [-0.2, 0) is 0 Å². The topological polar surface area (TPSA) is 89.4 Å². The summed E-state index contributed by atoms with van der Waals surface area (Å²) in [6.07, 6.45) is 0.696. The van der Waals surface area contributed by atoms with Gasteiger partial charge in [0.05, 0.1) is 4.92 Å². The third kappa shape index (κ3) is 2.00. The molecule has 1 aromatic carbocycles. The molecule has 0 radical (unpaired) electrons. The van der Waals surface area contributed by atoms with Crippen LogP contribution in [0.2, 0.25) is 0 Å². The summed E-state index contributed by atoms with van der Waals surface area (Å²) in [5, 5.41) is 19.7. The predicted octanol–water partition coefficient (Wildman–Crippen LogP) is 1.71. The smallest absolute Gasteiger partial charge is 0.311 e. The molecule has 0 bridgehead atoms. The highest BCUT2D eigenvalue weighted by molar-refractivity contribution is 5.48. The number of nitrogens with zero attached hydrogens (tertiary/aromatic N) is 1. The van der Waals surface area contributed by atoms with Crippen LogP contribution in [0.3, 0.4) is 0 Å². The van der Waals surface area contributed by atoms with Crippen molar-refractivity contribution in [2.24, 2.45) is 5.73 Å². The van der Waals surface area contributed by atoms with E-state index < -0.39 is 4.92 Å². The van der Waals surface area contributed by atoms with E-state index in [9.17, 15) is 15.2 Å². The first kappa shape index (κ1) is 10.5. The summed E-state index contributed by atoms with van der Waals surface area (Å²) in [7, 11) is 0. The summed E-state index contributed by atoms with van der Waals surface area (Å²) in [6.45, 7) is 1.89. The average molecular weight is 196 g/mol. The molecule has 0 saturated carbocycles. The fourth-order valence-corrected chi connectivity index (χ4v) is 1.15. The summed E-state index contributed by atoms with van der Waals surface area (Å²) in [5.74, 6) is -0.331. The van der Waals surface area contributed by atoms with Gasteiger partial charge in [-0.15, -0.1) is 0 Å². The number of aromatic hydroxyl groups is 1. The quantitative estimate of drug-likeness (QED) is 0.568. The van der Waals surface area contributed by atoms with E-state index in [-0.39, 0.29) is 17.5 Å². The monoisotopic (exact) mass is 196 g/mol. The lowest BCUT2D eigenvalue weighted by molar-refractivity contribution is -0.385. The largest absolute Gasteiger partial charge is 0.502 e. The van der Waals surface area contributed by atoms with Crippen LogP contribution in [0.4, 0.5) is 5.69 Å². The minimum absolute atomic E-state index is 0.228. The van der Waals surface area contributed by atoms with Crippen molar-refractivity contribution in [2.75, 3.05) is 0 Å². The second-order valence-corrected chi connectivity index (χ2v) is 3.02. The molecular weight excluding hydrogens is 184 g/mol. The minimum atomic E-state index is -0.624. The minimum Gasteiger partial charge on any atom is -0.502 e. The number of nitrogens with two attached hydrogens (primary N) is 1. The van der Waals surface area contributed by atoms with E-state index in [4.69, 9.17) is 5.73 Å². The van der Waals surface area contributed by atoms with E-state index >= 15 is 0 Å². The molecule has 5 nitrogen and oxygen atoms in total. The van der Waals surface area contributed by atoms with Gasteiger partial charge in [-0.2, -0.15) is 0 Å². The summed E-state index contributed by atoms with van der Waals surface area (Å²) >= 11 is 0. The van der Waals surface area contributed by atoms with Gasteiger partial charge in [0.1, 0.15) is 0 Å². The Morgan fingerprint density at radius 3 is 2.79 bits per heavy atom. The van der Waals surface area contributed by atoms with Gasteiger partial charge in [0.2, 0.25) is 0 Å². The molecule has 1 atom stereocenters. The lowest BCUT2D eigenvalue weighted by Crippen LogP contribution is -2.08. The standard InChI is InChI=1S/C9H12N2O3/c1-2-7(10)6-3-4-9(12)8(5-6)11(13)14/h3-5,7,12H,2,10H2,1H3/t7-/m1/s1. The molecule has 5 heteroatoms. The van der Waals surface area contributed by atoms with Gasteiger partial charge in [0.15, 0.2) is 5.75 Å².